The Morgan fingerprint density at radius 1 is 0.976 bits per heavy atom. The lowest BCUT2D eigenvalue weighted by Crippen LogP contribution is -2.67. The van der Waals surface area contributed by atoms with E-state index in [-0.39, 0.29) is 47.2 Å². The number of amides is 1. The van der Waals surface area contributed by atoms with E-state index < -0.39 is 16.4 Å². The Kier molecular flexibility index (Phi) is 6.86. The zero-order chi connectivity index (χ0) is 29.3. The third kappa shape index (κ3) is 3.82. The molecule has 0 heterocycles. The maximum atomic E-state index is 14.5. The molecule has 222 valence electrons. The minimum atomic E-state index is -1.08. The number of Topliss-reactive ketones (excluding diaryl/α,β-unsaturated/α-hetero) is 1. The van der Waals surface area contributed by atoms with Gasteiger partial charge in [-0.25, -0.2) is 4.79 Å². The van der Waals surface area contributed by atoms with E-state index in [4.69, 9.17) is 4.74 Å². The summed E-state index contributed by atoms with van der Waals surface area (Å²) < 4.78 is 5.38. The first-order valence-electron chi connectivity index (χ1n) is 15.9. The third-order valence-electron chi connectivity index (χ3n) is 12.5. The quantitative estimate of drug-likeness (QED) is 0.300. The Bertz CT molecular complexity index is 1270. The molecule has 2 spiro atoms. The predicted octanol–water partition coefficient (Wildman–Crippen LogP) is 6.33. The Labute approximate surface area is 244 Å². The van der Waals surface area contributed by atoms with Crippen molar-refractivity contribution in [2.45, 2.75) is 90.8 Å². The fraction of sp³-hybridized carbons (Fsp3) is 0.657. The second-order valence-corrected chi connectivity index (χ2v) is 14.1. The number of carbonyl (C=O) groups is 2. The first kappa shape index (κ1) is 28.7. The molecule has 41 heavy (non-hydrogen) atoms. The molecule has 6 aliphatic carbocycles. The highest BCUT2D eigenvalue weighted by Crippen LogP contribution is 2.78. The SMILES string of the molecule is CCCN(CC1(O)CCC2C34C=CC5(C=C3C(=O)c3ccccc3)CC(O)CCC5(C)C4CCC21C)C(=O)OCC. The summed E-state index contributed by atoms with van der Waals surface area (Å²) in [5.41, 5.74) is -0.918. The van der Waals surface area contributed by atoms with E-state index in [0.717, 1.165) is 44.1 Å². The maximum Gasteiger partial charge on any atom is 0.409 e. The second-order valence-electron chi connectivity index (χ2n) is 14.1. The van der Waals surface area contributed by atoms with Crippen molar-refractivity contribution in [3.05, 3.63) is 59.7 Å². The van der Waals surface area contributed by atoms with E-state index in [0.29, 0.717) is 31.6 Å². The molecular formula is C35H47NO5. The van der Waals surface area contributed by atoms with Crippen molar-refractivity contribution < 1.29 is 24.5 Å². The summed E-state index contributed by atoms with van der Waals surface area (Å²) in [7, 11) is 0. The van der Waals surface area contributed by atoms with Gasteiger partial charge in [0.15, 0.2) is 5.78 Å². The van der Waals surface area contributed by atoms with Gasteiger partial charge in [-0.2, -0.15) is 0 Å². The molecule has 6 heteroatoms. The van der Waals surface area contributed by atoms with Gasteiger partial charge in [0.1, 0.15) is 0 Å². The smallest absolute Gasteiger partial charge is 0.409 e. The van der Waals surface area contributed by atoms with Crippen molar-refractivity contribution in [2.75, 3.05) is 19.7 Å². The molecule has 6 nitrogen and oxygen atoms in total. The van der Waals surface area contributed by atoms with E-state index in [2.05, 4.69) is 32.1 Å². The minimum Gasteiger partial charge on any atom is -0.450 e. The highest BCUT2D eigenvalue weighted by molar-refractivity contribution is 6.10. The normalized spacial score (nSPS) is 42.1. The molecule has 0 saturated heterocycles. The lowest BCUT2D eigenvalue weighted by atomic mass is 9.32. The van der Waals surface area contributed by atoms with Crippen molar-refractivity contribution in [2.24, 2.45) is 33.5 Å². The standard InChI is InChI=1S/C35H47NO5/c1-5-20-36(30(39)41-6-2)23-34(40)17-14-28-32(34,4)16-13-27-31(3)15-12-25(37)21-33(31)18-19-35(27,28)26(22-33)29(38)24-10-8-7-9-11-24/h7-11,18-19,22,25,27-28,37,40H,5-6,12-17,20-21,23H2,1-4H3. The fourth-order valence-corrected chi connectivity index (χ4v) is 10.4. The lowest BCUT2D eigenvalue weighted by Gasteiger charge is -2.71. The summed E-state index contributed by atoms with van der Waals surface area (Å²) in [5, 5.41) is 23.4. The predicted molar refractivity (Wildman–Crippen MR) is 158 cm³/mol. The van der Waals surface area contributed by atoms with Gasteiger partial charge < -0.3 is 19.8 Å². The number of benzene rings is 1. The van der Waals surface area contributed by atoms with Crippen molar-refractivity contribution in [1.29, 1.82) is 0 Å². The van der Waals surface area contributed by atoms with E-state index in [1.807, 2.05) is 44.2 Å². The molecule has 1 aromatic carbocycles. The molecule has 1 amide bonds. The number of rotatable bonds is 7. The van der Waals surface area contributed by atoms with Crippen molar-refractivity contribution in [3.63, 3.8) is 0 Å². The number of aliphatic hydroxyl groups is 2. The molecule has 2 bridgehead atoms. The van der Waals surface area contributed by atoms with Gasteiger partial charge >= 0.3 is 6.09 Å². The summed E-state index contributed by atoms with van der Waals surface area (Å²) >= 11 is 0. The van der Waals surface area contributed by atoms with Crippen LogP contribution in [0.1, 0.15) is 89.4 Å². The number of ketones is 1. The van der Waals surface area contributed by atoms with Crippen LogP contribution in [0, 0.1) is 33.5 Å². The average molecular weight is 562 g/mol. The number of nitrogens with zero attached hydrogens (tertiary/aromatic N) is 1. The van der Waals surface area contributed by atoms with Crippen LogP contribution in [-0.4, -0.2) is 58.4 Å². The Hall–Kier alpha value is -2.44. The first-order chi connectivity index (χ1) is 19.5. The molecule has 1 aromatic rings. The van der Waals surface area contributed by atoms with Crippen LogP contribution in [0.2, 0.25) is 0 Å². The fourth-order valence-electron chi connectivity index (χ4n) is 10.4. The van der Waals surface area contributed by atoms with Crippen LogP contribution in [0.15, 0.2) is 54.1 Å². The topological polar surface area (TPSA) is 87.1 Å². The Morgan fingerprint density at radius 3 is 2.37 bits per heavy atom. The van der Waals surface area contributed by atoms with Crippen LogP contribution >= 0.6 is 0 Å². The number of allylic oxidation sites excluding steroid dienone is 4. The largest absolute Gasteiger partial charge is 0.450 e. The number of hydrogen-bond donors (Lipinski definition) is 2. The molecule has 0 aromatic heterocycles. The Balaban J connectivity index is 1.47. The summed E-state index contributed by atoms with van der Waals surface area (Å²) in [5.74, 6) is 0.374. The minimum absolute atomic E-state index is 0.0570. The number of carbonyl (C=O) groups excluding carboxylic acids is 2. The van der Waals surface area contributed by atoms with E-state index in [1.54, 1.807) is 4.90 Å². The van der Waals surface area contributed by atoms with E-state index >= 15 is 0 Å². The van der Waals surface area contributed by atoms with Gasteiger partial charge in [-0.15, -0.1) is 0 Å². The highest BCUT2D eigenvalue weighted by Gasteiger charge is 2.74. The molecule has 2 N–H and O–H groups in total. The molecule has 8 atom stereocenters. The highest BCUT2D eigenvalue weighted by atomic mass is 16.6. The van der Waals surface area contributed by atoms with Gasteiger partial charge in [0, 0.05) is 33.9 Å². The van der Waals surface area contributed by atoms with Gasteiger partial charge in [-0.3, -0.25) is 4.79 Å². The number of aliphatic hydroxyl groups excluding tert-OH is 1. The first-order valence-corrected chi connectivity index (χ1v) is 15.9. The van der Waals surface area contributed by atoms with Crippen molar-refractivity contribution in [3.8, 4) is 0 Å². The van der Waals surface area contributed by atoms with Crippen molar-refractivity contribution >= 4 is 11.9 Å². The maximum absolute atomic E-state index is 14.5. The molecule has 0 radical (unpaired) electrons. The second kappa shape index (κ2) is 9.80. The van der Waals surface area contributed by atoms with Crippen LogP contribution < -0.4 is 0 Å². The summed E-state index contributed by atoms with van der Waals surface area (Å²) in [4.78, 5) is 29.1. The number of ether oxygens (including phenoxy) is 1. The van der Waals surface area contributed by atoms with Gasteiger partial charge in [0.25, 0.3) is 0 Å². The molecule has 3 saturated carbocycles. The van der Waals surface area contributed by atoms with Gasteiger partial charge in [0.05, 0.1) is 24.9 Å². The molecule has 6 aliphatic rings. The zero-order valence-electron chi connectivity index (χ0n) is 25.2. The number of hydrogen-bond acceptors (Lipinski definition) is 5. The molecule has 7 rings (SSSR count). The summed E-state index contributed by atoms with van der Waals surface area (Å²) in [6.45, 7) is 9.55. The van der Waals surface area contributed by atoms with Crippen LogP contribution in [0.25, 0.3) is 0 Å². The van der Waals surface area contributed by atoms with Gasteiger partial charge in [-0.05, 0) is 75.5 Å². The molecular weight excluding hydrogens is 514 g/mol. The third-order valence-corrected chi connectivity index (χ3v) is 12.5. The number of fused-ring (bicyclic) bond motifs is 1. The van der Waals surface area contributed by atoms with Crippen LogP contribution in [0.5, 0.6) is 0 Å². The van der Waals surface area contributed by atoms with Crippen molar-refractivity contribution in [1.82, 2.24) is 4.90 Å². The lowest BCUT2D eigenvalue weighted by molar-refractivity contribution is -0.175. The monoisotopic (exact) mass is 561 g/mol. The zero-order valence-corrected chi connectivity index (χ0v) is 25.2. The van der Waals surface area contributed by atoms with Crippen LogP contribution in [-0.2, 0) is 4.74 Å². The van der Waals surface area contributed by atoms with E-state index in [9.17, 15) is 19.8 Å². The van der Waals surface area contributed by atoms with Gasteiger partial charge in [-0.1, -0.05) is 69.3 Å². The summed E-state index contributed by atoms with van der Waals surface area (Å²) in [6, 6.07) is 9.59. The van der Waals surface area contributed by atoms with Crippen LogP contribution in [0.3, 0.4) is 0 Å². The average Bonchev–Trinajstić information content (AvgIpc) is 3.23. The van der Waals surface area contributed by atoms with E-state index in [1.165, 1.54) is 0 Å². The molecule has 0 aliphatic heterocycles. The summed E-state index contributed by atoms with van der Waals surface area (Å²) in [6.07, 6.45) is 12.5. The molecule has 3 fully saturated rings. The van der Waals surface area contributed by atoms with Gasteiger partial charge in [0.2, 0.25) is 0 Å². The molecule has 8 unspecified atom stereocenters. The van der Waals surface area contributed by atoms with Crippen LogP contribution in [0.4, 0.5) is 4.79 Å². The Morgan fingerprint density at radius 2 is 1.66 bits per heavy atom.